The van der Waals surface area contributed by atoms with Gasteiger partial charge in [-0.2, -0.15) is 0 Å². The van der Waals surface area contributed by atoms with Crippen molar-refractivity contribution in [3.63, 3.8) is 0 Å². The predicted molar refractivity (Wildman–Crippen MR) is 137 cm³/mol. The van der Waals surface area contributed by atoms with Crippen LogP contribution in [0.25, 0.3) is 0 Å². The molecule has 34 heavy (non-hydrogen) atoms. The van der Waals surface area contributed by atoms with Crippen molar-refractivity contribution < 1.29 is 19.4 Å². The summed E-state index contributed by atoms with van der Waals surface area (Å²) in [5.74, 6) is 0.856. The van der Waals surface area contributed by atoms with Gasteiger partial charge >= 0.3 is 5.97 Å². The van der Waals surface area contributed by atoms with Gasteiger partial charge in [0.2, 0.25) is 0 Å². The lowest BCUT2D eigenvalue weighted by molar-refractivity contribution is -0.137. The Labute approximate surface area is 203 Å². The highest BCUT2D eigenvalue weighted by Crippen LogP contribution is 2.37. The smallest absolute Gasteiger partial charge is 0.303 e. The molecule has 4 rings (SSSR count). The fraction of sp³-hybridized carbons (Fsp3) is 0.536. The summed E-state index contributed by atoms with van der Waals surface area (Å²) in [5, 5.41) is 13.0. The number of nitrogens with zero attached hydrogens (tertiary/aromatic N) is 1. The number of nitrogens with one attached hydrogen (secondary N) is 1. The van der Waals surface area contributed by atoms with E-state index in [-0.39, 0.29) is 12.3 Å². The third-order valence-electron chi connectivity index (χ3n) is 7.00. The number of ether oxygens (including phenoxy) is 2. The van der Waals surface area contributed by atoms with Crippen molar-refractivity contribution in [2.24, 2.45) is 5.92 Å². The van der Waals surface area contributed by atoms with Crippen molar-refractivity contribution in [1.82, 2.24) is 0 Å². The number of rotatable bonds is 12. The van der Waals surface area contributed by atoms with Crippen LogP contribution in [-0.2, 0) is 9.53 Å². The van der Waals surface area contributed by atoms with Crippen molar-refractivity contribution in [3.8, 4) is 5.75 Å². The van der Waals surface area contributed by atoms with Crippen molar-refractivity contribution in [2.75, 3.05) is 36.6 Å². The molecule has 2 N–H and O–H groups in total. The lowest BCUT2D eigenvalue weighted by Gasteiger charge is -2.37. The molecule has 1 unspecified atom stereocenters. The van der Waals surface area contributed by atoms with Gasteiger partial charge in [-0.3, -0.25) is 4.79 Å². The molecule has 6 heteroatoms. The summed E-state index contributed by atoms with van der Waals surface area (Å²) in [7, 11) is 0. The Morgan fingerprint density at radius 1 is 1.12 bits per heavy atom. The van der Waals surface area contributed by atoms with Crippen molar-refractivity contribution in [1.29, 1.82) is 0 Å². The van der Waals surface area contributed by atoms with E-state index >= 15 is 0 Å². The van der Waals surface area contributed by atoms with Gasteiger partial charge < -0.3 is 24.8 Å². The van der Waals surface area contributed by atoms with Crippen LogP contribution in [0.15, 0.2) is 42.5 Å². The van der Waals surface area contributed by atoms with Crippen LogP contribution in [0.3, 0.4) is 0 Å². The predicted octanol–water partition coefficient (Wildman–Crippen LogP) is 6.19. The summed E-state index contributed by atoms with van der Waals surface area (Å²) in [4.78, 5) is 13.9. The van der Waals surface area contributed by atoms with E-state index in [0.717, 1.165) is 79.9 Å². The monoisotopic (exact) mass is 466 g/mol. The largest absolute Gasteiger partial charge is 0.493 e. The summed E-state index contributed by atoms with van der Waals surface area (Å²) < 4.78 is 11.5. The van der Waals surface area contributed by atoms with Crippen LogP contribution in [-0.4, -0.2) is 43.5 Å². The Hall–Kier alpha value is -2.73. The Morgan fingerprint density at radius 3 is 2.47 bits per heavy atom. The SMILES string of the molecule is CCC(CC(=O)O)c1ccc(N(CC)C2CCOCC2)c(Nc2ccc(OCC3CC3)cc2)c1. The van der Waals surface area contributed by atoms with Gasteiger partial charge in [-0.15, -0.1) is 0 Å². The molecule has 0 radical (unpaired) electrons. The molecule has 0 bridgehead atoms. The first-order valence-corrected chi connectivity index (χ1v) is 12.8. The summed E-state index contributed by atoms with van der Waals surface area (Å²) in [6.07, 6.45) is 5.51. The van der Waals surface area contributed by atoms with Gasteiger partial charge in [0.05, 0.1) is 24.4 Å². The van der Waals surface area contributed by atoms with Gasteiger partial charge in [0.1, 0.15) is 5.75 Å². The first-order chi connectivity index (χ1) is 16.6. The Balaban J connectivity index is 1.60. The molecule has 2 aromatic rings. The average molecular weight is 467 g/mol. The van der Waals surface area contributed by atoms with E-state index in [1.165, 1.54) is 12.8 Å². The zero-order valence-corrected chi connectivity index (χ0v) is 20.5. The van der Waals surface area contributed by atoms with Gasteiger partial charge in [-0.05, 0) is 92.8 Å². The molecule has 2 fully saturated rings. The number of aliphatic carboxylic acids is 1. The van der Waals surface area contributed by atoms with E-state index < -0.39 is 5.97 Å². The van der Waals surface area contributed by atoms with Gasteiger partial charge in [0.25, 0.3) is 0 Å². The maximum atomic E-state index is 11.4. The van der Waals surface area contributed by atoms with Crippen LogP contribution in [0, 0.1) is 5.92 Å². The minimum absolute atomic E-state index is 0.0107. The molecular formula is C28H38N2O4. The maximum absolute atomic E-state index is 11.4. The minimum Gasteiger partial charge on any atom is -0.493 e. The zero-order chi connectivity index (χ0) is 23.9. The van der Waals surface area contributed by atoms with E-state index in [4.69, 9.17) is 9.47 Å². The third-order valence-corrected chi connectivity index (χ3v) is 7.00. The molecule has 1 saturated heterocycles. The van der Waals surface area contributed by atoms with Gasteiger partial charge in [-0.25, -0.2) is 0 Å². The standard InChI is InChI=1S/C28H38N2O4/c1-3-21(18-28(31)32)22-7-12-27(30(4-2)24-13-15-33-16-14-24)26(17-22)29-23-8-10-25(11-9-23)34-19-20-5-6-20/h7-12,17,20-21,24,29H,3-6,13-16,18-19H2,1-2H3,(H,31,32). The van der Waals surface area contributed by atoms with Crippen LogP contribution in [0.4, 0.5) is 17.1 Å². The number of carbonyl (C=O) groups is 1. The molecule has 1 saturated carbocycles. The van der Waals surface area contributed by atoms with Crippen LogP contribution >= 0.6 is 0 Å². The normalized spacial score (nSPS) is 17.2. The second-order valence-corrected chi connectivity index (χ2v) is 9.51. The highest BCUT2D eigenvalue weighted by molar-refractivity contribution is 5.77. The van der Waals surface area contributed by atoms with Crippen LogP contribution < -0.4 is 15.0 Å². The third kappa shape index (κ3) is 6.44. The van der Waals surface area contributed by atoms with Crippen LogP contribution in [0.1, 0.15) is 63.9 Å². The number of benzene rings is 2. The van der Waals surface area contributed by atoms with E-state index in [1.807, 2.05) is 12.1 Å². The Bertz CT molecular complexity index is 936. The first kappa shape index (κ1) is 24.4. The molecule has 6 nitrogen and oxygen atoms in total. The molecule has 2 aromatic carbocycles. The van der Waals surface area contributed by atoms with Crippen molar-refractivity contribution in [2.45, 2.75) is 64.3 Å². The molecule has 1 atom stereocenters. The fourth-order valence-electron chi connectivity index (χ4n) is 4.78. The lowest BCUT2D eigenvalue weighted by Crippen LogP contribution is -2.39. The molecule has 1 aliphatic carbocycles. The average Bonchev–Trinajstić information content (AvgIpc) is 3.69. The van der Waals surface area contributed by atoms with Gasteiger partial charge in [-0.1, -0.05) is 13.0 Å². The number of carboxylic acid groups (broad SMARTS) is 1. The summed E-state index contributed by atoms with van der Waals surface area (Å²) in [6, 6.07) is 15.0. The summed E-state index contributed by atoms with van der Waals surface area (Å²) >= 11 is 0. The van der Waals surface area contributed by atoms with E-state index in [2.05, 4.69) is 54.4 Å². The number of hydrogen-bond acceptors (Lipinski definition) is 5. The van der Waals surface area contributed by atoms with E-state index in [0.29, 0.717) is 6.04 Å². The molecule has 0 amide bonds. The van der Waals surface area contributed by atoms with Gasteiger partial charge in [0.15, 0.2) is 0 Å². The second-order valence-electron chi connectivity index (χ2n) is 9.51. The minimum atomic E-state index is -0.760. The molecule has 1 heterocycles. The van der Waals surface area contributed by atoms with E-state index in [1.54, 1.807) is 0 Å². The molecule has 2 aliphatic rings. The summed E-state index contributed by atoms with van der Waals surface area (Å²) in [6.45, 7) is 7.53. The second kappa shape index (κ2) is 11.6. The topological polar surface area (TPSA) is 71.0 Å². The molecule has 1 aliphatic heterocycles. The number of carboxylic acids is 1. The fourth-order valence-corrected chi connectivity index (χ4v) is 4.78. The van der Waals surface area contributed by atoms with Crippen LogP contribution in [0.2, 0.25) is 0 Å². The van der Waals surface area contributed by atoms with Crippen molar-refractivity contribution in [3.05, 3.63) is 48.0 Å². The lowest BCUT2D eigenvalue weighted by atomic mass is 9.92. The van der Waals surface area contributed by atoms with Crippen LogP contribution in [0.5, 0.6) is 5.75 Å². The molecule has 184 valence electrons. The maximum Gasteiger partial charge on any atom is 0.303 e. The van der Waals surface area contributed by atoms with Crippen molar-refractivity contribution >= 4 is 23.0 Å². The van der Waals surface area contributed by atoms with E-state index in [9.17, 15) is 9.90 Å². The molecule has 0 spiro atoms. The highest BCUT2D eigenvalue weighted by atomic mass is 16.5. The quantitative estimate of drug-likeness (QED) is 0.388. The molecular weight excluding hydrogens is 428 g/mol. The first-order valence-electron chi connectivity index (χ1n) is 12.8. The Kier molecular flexibility index (Phi) is 8.33. The molecule has 0 aromatic heterocycles. The zero-order valence-electron chi connectivity index (χ0n) is 20.5. The van der Waals surface area contributed by atoms with Gasteiger partial charge in [0, 0.05) is 31.5 Å². The Morgan fingerprint density at radius 2 is 1.85 bits per heavy atom. The summed E-state index contributed by atoms with van der Waals surface area (Å²) in [5.41, 5.74) is 4.22. The number of hydrogen-bond donors (Lipinski definition) is 2. The number of anilines is 3. The highest BCUT2D eigenvalue weighted by Gasteiger charge is 2.24.